The maximum absolute atomic E-state index is 11.2. The molecule has 0 spiro atoms. The van der Waals surface area contributed by atoms with Gasteiger partial charge in [-0.1, -0.05) is 0 Å². The van der Waals surface area contributed by atoms with Gasteiger partial charge in [0.15, 0.2) is 0 Å². The molecule has 0 fully saturated rings. The SMILES string of the molecule is Cc1cc(O)c2c(N=[C]=[V])cc(S(=O)(=O)O)cc2c1. The third kappa shape index (κ3) is 2.78. The zero-order valence-corrected chi connectivity index (χ0v) is 12.0. The van der Waals surface area contributed by atoms with Gasteiger partial charge in [0.05, 0.1) is 0 Å². The molecule has 2 rings (SSSR count). The number of fused-ring (bicyclic) bond motifs is 1. The number of phenols is 1. The fourth-order valence-electron chi connectivity index (χ4n) is 1.88. The monoisotopic (exact) mass is 314 g/mol. The van der Waals surface area contributed by atoms with Crippen molar-refractivity contribution in [3.63, 3.8) is 0 Å². The average molecular weight is 314 g/mol. The molecule has 0 aliphatic rings. The second kappa shape index (κ2) is 4.92. The molecular formula is C12H9NO4SV. The van der Waals surface area contributed by atoms with Crippen LogP contribution in [0, 0.1) is 6.92 Å². The van der Waals surface area contributed by atoms with Crippen LogP contribution in [0.25, 0.3) is 10.8 Å². The molecule has 0 radical (unpaired) electrons. The summed E-state index contributed by atoms with van der Waals surface area (Å²) in [6.45, 7) is 1.77. The second-order valence-electron chi connectivity index (χ2n) is 4.01. The van der Waals surface area contributed by atoms with Crippen LogP contribution in [0.1, 0.15) is 5.56 Å². The van der Waals surface area contributed by atoms with E-state index in [-0.39, 0.29) is 16.3 Å². The molecule has 0 aliphatic carbocycles. The van der Waals surface area contributed by atoms with E-state index in [4.69, 9.17) is 4.55 Å². The van der Waals surface area contributed by atoms with Crippen molar-refractivity contribution in [2.45, 2.75) is 11.8 Å². The molecule has 0 aromatic heterocycles. The first kappa shape index (κ1) is 14.0. The molecule has 19 heavy (non-hydrogen) atoms. The average Bonchev–Trinajstić information content (AvgIpc) is 2.26. The number of aryl methyl sites for hydroxylation is 1. The van der Waals surface area contributed by atoms with Crippen LogP contribution in [0.4, 0.5) is 5.69 Å². The molecule has 0 aliphatic heterocycles. The van der Waals surface area contributed by atoms with E-state index in [2.05, 4.69) is 9.52 Å². The Kier molecular flexibility index (Phi) is 3.63. The summed E-state index contributed by atoms with van der Waals surface area (Å²) < 4.78 is 34.1. The summed E-state index contributed by atoms with van der Waals surface area (Å²) in [6, 6.07) is 5.74. The summed E-state index contributed by atoms with van der Waals surface area (Å²) in [5.41, 5.74) is 0.993. The van der Waals surface area contributed by atoms with Gasteiger partial charge >= 0.3 is 119 Å². The molecule has 0 amide bonds. The molecule has 0 saturated carbocycles. The van der Waals surface area contributed by atoms with Crippen LogP contribution in [0.2, 0.25) is 0 Å². The normalized spacial score (nSPS) is 11.2. The summed E-state index contributed by atoms with van der Waals surface area (Å²) in [6.07, 6.45) is 0. The number of aliphatic imine (C=N–C) groups is 1. The van der Waals surface area contributed by atoms with Crippen LogP contribution < -0.4 is 0 Å². The van der Waals surface area contributed by atoms with E-state index in [9.17, 15) is 13.5 Å². The third-order valence-electron chi connectivity index (χ3n) is 2.59. The number of hydrogen-bond acceptors (Lipinski definition) is 4. The maximum atomic E-state index is 11.2. The van der Waals surface area contributed by atoms with Gasteiger partial charge in [-0.05, 0) is 0 Å². The Morgan fingerprint density at radius 1 is 1.26 bits per heavy atom. The van der Waals surface area contributed by atoms with Gasteiger partial charge in [0.2, 0.25) is 0 Å². The van der Waals surface area contributed by atoms with Crippen LogP contribution >= 0.6 is 0 Å². The quantitative estimate of drug-likeness (QED) is 0.657. The third-order valence-corrected chi connectivity index (χ3v) is 3.58. The summed E-state index contributed by atoms with van der Waals surface area (Å²) in [5.74, 6) is -0.00149. The Labute approximate surface area is 118 Å². The first-order valence-electron chi connectivity index (χ1n) is 5.17. The minimum atomic E-state index is -4.34. The molecule has 0 heterocycles. The summed E-state index contributed by atoms with van der Waals surface area (Å²) in [4.78, 5) is 3.61. The van der Waals surface area contributed by atoms with Gasteiger partial charge in [0.25, 0.3) is 0 Å². The predicted octanol–water partition coefficient (Wildman–Crippen LogP) is 2.18. The van der Waals surface area contributed by atoms with Crippen LogP contribution in [-0.4, -0.2) is 22.6 Å². The molecule has 0 bridgehead atoms. The fraction of sp³-hybridized carbons (Fsp3) is 0.0833. The molecule has 97 valence electrons. The van der Waals surface area contributed by atoms with Gasteiger partial charge in [-0.15, -0.1) is 0 Å². The first-order chi connectivity index (χ1) is 8.82. The number of phenolic OH excluding ortho intramolecular Hbond substituents is 1. The van der Waals surface area contributed by atoms with Crippen molar-refractivity contribution in [3.05, 3.63) is 29.8 Å². The number of benzene rings is 2. The standard InChI is InChI=1S/C12H9NO4S.V/c1-7-3-8-5-9(18(15,16)17)6-10(13-2)12(8)11(14)4-7;/h3-6,14H,1H3,(H,15,16,17);. The Morgan fingerprint density at radius 2 is 1.95 bits per heavy atom. The van der Waals surface area contributed by atoms with Gasteiger partial charge in [-0.2, -0.15) is 0 Å². The molecule has 2 aromatic rings. The molecule has 5 nitrogen and oxygen atoms in total. The van der Waals surface area contributed by atoms with Crippen molar-refractivity contribution < 1.29 is 35.1 Å². The van der Waals surface area contributed by atoms with Crippen molar-refractivity contribution in [3.8, 4) is 5.75 Å². The van der Waals surface area contributed by atoms with E-state index in [0.717, 1.165) is 5.56 Å². The number of aromatic hydroxyl groups is 1. The van der Waals surface area contributed by atoms with Crippen LogP contribution in [0.5, 0.6) is 5.75 Å². The van der Waals surface area contributed by atoms with E-state index in [0.29, 0.717) is 10.8 Å². The van der Waals surface area contributed by atoms with E-state index < -0.39 is 10.1 Å². The van der Waals surface area contributed by atoms with Crippen molar-refractivity contribution in [1.29, 1.82) is 0 Å². The van der Waals surface area contributed by atoms with Crippen molar-refractivity contribution >= 4 is 31.1 Å². The van der Waals surface area contributed by atoms with Crippen LogP contribution in [0.3, 0.4) is 0 Å². The van der Waals surface area contributed by atoms with Gasteiger partial charge in [-0.3, -0.25) is 0 Å². The van der Waals surface area contributed by atoms with E-state index >= 15 is 0 Å². The molecule has 0 atom stereocenters. The topological polar surface area (TPSA) is 87.0 Å². The predicted molar refractivity (Wildman–Crippen MR) is 67.3 cm³/mol. The van der Waals surface area contributed by atoms with Crippen LogP contribution in [0.15, 0.2) is 34.2 Å². The van der Waals surface area contributed by atoms with Crippen molar-refractivity contribution in [1.82, 2.24) is 0 Å². The van der Waals surface area contributed by atoms with E-state index in [1.807, 2.05) is 17.0 Å². The Bertz CT molecular complexity index is 823. The van der Waals surface area contributed by atoms with Crippen molar-refractivity contribution in [2.75, 3.05) is 0 Å². The molecule has 2 N–H and O–H groups in total. The summed E-state index contributed by atoms with van der Waals surface area (Å²) in [5, 5.41) is 10.8. The summed E-state index contributed by atoms with van der Waals surface area (Å²) >= 11 is 1.99. The minimum absolute atomic E-state index is 0.00149. The Morgan fingerprint density at radius 3 is 2.53 bits per heavy atom. The van der Waals surface area contributed by atoms with E-state index in [1.165, 1.54) is 12.1 Å². The zero-order chi connectivity index (χ0) is 14.2. The van der Waals surface area contributed by atoms with Gasteiger partial charge < -0.3 is 0 Å². The number of rotatable bonds is 2. The van der Waals surface area contributed by atoms with Gasteiger partial charge in [0, 0.05) is 0 Å². The molecule has 0 saturated heterocycles. The Balaban J connectivity index is 2.99. The molecule has 2 aromatic carbocycles. The molecule has 7 heteroatoms. The fourth-order valence-corrected chi connectivity index (χ4v) is 2.59. The molecular weight excluding hydrogens is 305 g/mol. The zero-order valence-electron chi connectivity index (χ0n) is 9.82. The molecule has 0 unspecified atom stereocenters. The summed E-state index contributed by atoms with van der Waals surface area (Å²) in [7, 11) is -4.34. The van der Waals surface area contributed by atoms with Crippen LogP contribution in [-0.2, 0) is 27.1 Å². The van der Waals surface area contributed by atoms with Gasteiger partial charge in [-0.25, -0.2) is 0 Å². The van der Waals surface area contributed by atoms with E-state index in [1.54, 1.807) is 19.1 Å². The van der Waals surface area contributed by atoms with Crippen molar-refractivity contribution in [2.24, 2.45) is 4.99 Å². The second-order valence-corrected chi connectivity index (χ2v) is 5.75. The number of hydrogen-bond donors (Lipinski definition) is 2. The van der Waals surface area contributed by atoms with Gasteiger partial charge in [0.1, 0.15) is 0 Å². The first-order valence-corrected chi connectivity index (χ1v) is 7.31. The Hall–Kier alpha value is -1.43. The number of nitrogens with zero attached hydrogens (tertiary/aromatic N) is 1.